The van der Waals surface area contributed by atoms with Gasteiger partial charge in [0, 0.05) is 0 Å². The number of nitrogens with zero attached hydrogens (tertiary/aromatic N) is 3. The minimum absolute atomic E-state index is 0.228. The highest BCUT2D eigenvalue weighted by Crippen LogP contribution is 2.15. The molecule has 0 fully saturated rings. The number of aryl methyl sites for hydroxylation is 2. The summed E-state index contributed by atoms with van der Waals surface area (Å²) in [5.41, 5.74) is 0.826. The molecule has 2 aromatic heterocycles. The van der Waals surface area contributed by atoms with Crippen LogP contribution in [0.5, 0.6) is 0 Å². The summed E-state index contributed by atoms with van der Waals surface area (Å²) < 4.78 is 12.0. The summed E-state index contributed by atoms with van der Waals surface area (Å²) in [4.78, 5) is 15.4. The monoisotopic (exact) mass is 262 g/mol. The molecule has 19 heavy (non-hydrogen) atoms. The molecule has 0 radical (unpaired) electrons. The smallest absolute Gasteiger partial charge is 0.312 e. The van der Waals surface area contributed by atoms with Gasteiger partial charge in [0.05, 0.1) is 19.0 Å². The van der Waals surface area contributed by atoms with Crippen LogP contribution < -0.4 is 4.68 Å². The van der Waals surface area contributed by atoms with E-state index in [1.807, 2.05) is 13.0 Å². The first-order chi connectivity index (χ1) is 9.19. The molecule has 0 aliphatic carbocycles. The number of carbonyl (C=O) groups is 1. The van der Waals surface area contributed by atoms with Crippen molar-refractivity contribution in [2.45, 2.75) is 26.8 Å². The molecule has 0 aliphatic rings. The van der Waals surface area contributed by atoms with E-state index in [0.29, 0.717) is 25.5 Å². The summed E-state index contributed by atoms with van der Waals surface area (Å²) in [7, 11) is 0. The van der Waals surface area contributed by atoms with E-state index in [-0.39, 0.29) is 5.97 Å². The highest BCUT2D eigenvalue weighted by atomic mass is 16.5. The van der Waals surface area contributed by atoms with Gasteiger partial charge in [0.1, 0.15) is 17.7 Å². The fourth-order valence-electron chi connectivity index (χ4n) is 1.61. The second kappa shape index (κ2) is 6.08. The number of oxazole rings is 1. The van der Waals surface area contributed by atoms with Crippen LogP contribution in [0.2, 0.25) is 0 Å². The summed E-state index contributed by atoms with van der Waals surface area (Å²) in [6, 6.07) is 1.81. The summed E-state index contributed by atoms with van der Waals surface area (Å²) in [6.07, 6.45) is 5.41. The lowest BCUT2D eigenvalue weighted by Gasteiger charge is -1.98. The Labute approximate surface area is 111 Å². The van der Waals surface area contributed by atoms with E-state index in [1.165, 1.54) is 0 Å². The van der Waals surface area contributed by atoms with Gasteiger partial charge in [-0.3, -0.25) is 4.79 Å². The van der Waals surface area contributed by atoms with Crippen LogP contribution in [0.25, 0.3) is 11.5 Å². The highest BCUT2D eigenvalue weighted by molar-refractivity contribution is 5.68. The molecule has 2 heterocycles. The number of esters is 1. The van der Waals surface area contributed by atoms with Crippen molar-refractivity contribution in [2.24, 2.45) is 0 Å². The van der Waals surface area contributed by atoms with Gasteiger partial charge in [0.25, 0.3) is 0 Å². The molecular weight excluding hydrogens is 246 g/mol. The van der Waals surface area contributed by atoms with E-state index >= 15 is 0 Å². The van der Waals surface area contributed by atoms with Crippen LogP contribution in [-0.4, -0.2) is 22.7 Å². The van der Waals surface area contributed by atoms with Gasteiger partial charge in [-0.1, -0.05) is 4.68 Å². The fraction of sp³-hybridized carbons (Fsp3) is 0.385. The summed E-state index contributed by atoms with van der Waals surface area (Å²) >= 11 is 0. The quantitative estimate of drug-likeness (QED) is 0.600. The van der Waals surface area contributed by atoms with Gasteiger partial charge in [-0.15, -0.1) is 0 Å². The molecule has 0 bridgehead atoms. The maximum atomic E-state index is 11.3. The van der Waals surface area contributed by atoms with E-state index < -0.39 is 0 Å². The molecule has 0 unspecified atom stereocenters. The number of hydrogen-bond acceptors (Lipinski definition) is 5. The van der Waals surface area contributed by atoms with Crippen LogP contribution in [0.15, 0.2) is 29.1 Å². The predicted molar refractivity (Wildman–Crippen MR) is 65.9 cm³/mol. The molecular formula is C13H16N3O3+. The van der Waals surface area contributed by atoms with Crippen molar-refractivity contribution in [1.29, 1.82) is 0 Å². The van der Waals surface area contributed by atoms with Crippen LogP contribution in [0.3, 0.4) is 0 Å². The zero-order chi connectivity index (χ0) is 13.7. The van der Waals surface area contributed by atoms with E-state index in [0.717, 1.165) is 11.3 Å². The molecule has 6 heteroatoms. The Kier molecular flexibility index (Phi) is 4.22. The number of hydrogen-bond donors (Lipinski definition) is 0. The van der Waals surface area contributed by atoms with Crippen molar-refractivity contribution in [3.8, 4) is 11.5 Å². The predicted octanol–water partition coefficient (Wildman–Crippen LogP) is 1.29. The molecule has 6 nitrogen and oxygen atoms in total. The summed E-state index contributed by atoms with van der Waals surface area (Å²) in [5.74, 6) is 1.07. The molecule has 2 rings (SSSR count). The molecule has 0 saturated heterocycles. The summed E-state index contributed by atoms with van der Waals surface area (Å²) in [6.45, 7) is 4.49. The lowest BCUT2D eigenvalue weighted by atomic mass is 10.3. The zero-order valence-corrected chi connectivity index (χ0v) is 11.0. The molecule has 2 aromatic rings. The van der Waals surface area contributed by atoms with Gasteiger partial charge in [-0.2, -0.15) is 0 Å². The number of rotatable bonds is 5. The lowest BCUT2D eigenvalue weighted by molar-refractivity contribution is -0.752. The third kappa shape index (κ3) is 3.61. The molecule has 100 valence electrons. The van der Waals surface area contributed by atoms with Crippen molar-refractivity contribution in [3.05, 3.63) is 30.4 Å². The number of aromatic nitrogens is 3. The second-order valence-corrected chi connectivity index (χ2v) is 4.01. The van der Waals surface area contributed by atoms with Gasteiger partial charge < -0.3 is 9.15 Å². The average molecular weight is 262 g/mol. The van der Waals surface area contributed by atoms with Crippen molar-refractivity contribution in [2.75, 3.05) is 6.61 Å². The van der Waals surface area contributed by atoms with E-state index in [1.54, 1.807) is 30.2 Å². The Balaban J connectivity index is 2.05. The molecule has 0 N–H and O–H groups in total. The normalized spacial score (nSPS) is 10.4. The number of ether oxygens (including phenoxy) is 1. The Bertz CT molecular complexity index is 566. The lowest BCUT2D eigenvalue weighted by Crippen LogP contribution is -2.38. The molecule has 0 saturated carbocycles. The van der Waals surface area contributed by atoms with E-state index in [9.17, 15) is 4.79 Å². The minimum atomic E-state index is -0.228. The molecule has 0 aliphatic heterocycles. The topological polar surface area (TPSA) is 69.1 Å². The fourth-order valence-corrected chi connectivity index (χ4v) is 1.61. The van der Waals surface area contributed by atoms with Crippen molar-refractivity contribution < 1.29 is 18.6 Å². The Morgan fingerprint density at radius 2 is 2.37 bits per heavy atom. The van der Waals surface area contributed by atoms with E-state index in [2.05, 4.69) is 10.1 Å². The van der Waals surface area contributed by atoms with Crippen LogP contribution in [0, 0.1) is 6.92 Å². The SMILES string of the molecule is CCOC(=O)CC[n+]1cc(-c2ncc(C)o2)ccn1. The Morgan fingerprint density at radius 3 is 3.05 bits per heavy atom. The maximum absolute atomic E-state index is 11.3. The first-order valence-electron chi connectivity index (χ1n) is 6.13. The summed E-state index contributed by atoms with van der Waals surface area (Å²) in [5, 5.41) is 4.14. The third-order valence-corrected chi connectivity index (χ3v) is 2.48. The Morgan fingerprint density at radius 1 is 1.53 bits per heavy atom. The van der Waals surface area contributed by atoms with Crippen LogP contribution in [0.4, 0.5) is 0 Å². The Hall–Kier alpha value is -2.24. The van der Waals surface area contributed by atoms with Crippen LogP contribution in [0.1, 0.15) is 19.1 Å². The largest absolute Gasteiger partial charge is 0.466 e. The van der Waals surface area contributed by atoms with Gasteiger partial charge in [-0.25, -0.2) is 4.98 Å². The molecule has 0 atom stereocenters. The van der Waals surface area contributed by atoms with E-state index in [4.69, 9.17) is 9.15 Å². The minimum Gasteiger partial charge on any atom is -0.466 e. The number of carbonyl (C=O) groups excluding carboxylic acids is 1. The molecule has 0 aromatic carbocycles. The van der Waals surface area contributed by atoms with Gasteiger partial charge in [0.15, 0.2) is 6.54 Å². The maximum Gasteiger partial charge on any atom is 0.312 e. The average Bonchev–Trinajstić information content (AvgIpc) is 2.84. The van der Waals surface area contributed by atoms with Gasteiger partial charge >= 0.3 is 5.97 Å². The molecule has 0 spiro atoms. The van der Waals surface area contributed by atoms with Gasteiger partial charge in [-0.05, 0) is 25.0 Å². The third-order valence-electron chi connectivity index (χ3n) is 2.48. The van der Waals surface area contributed by atoms with Crippen molar-refractivity contribution in [1.82, 2.24) is 10.1 Å². The zero-order valence-electron chi connectivity index (χ0n) is 11.0. The molecule has 0 amide bonds. The van der Waals surface area contributed by atoms with Gasteiger partial charge in [0.2, 0.25) is 12.1 Å². The van der Waals surface area contributed by atoms with Crippen molar-refractivity contribution in [3.63, 3.8) is 0 Å². The standard InChI is InChI=1S/C13H16N3O3/c1-3-18-12(17)5-7-16-9-11(4-6-15-16)13-14-8-10(2)19-13/h4,6,8-9H,3,5,7H2,1-2H3/q+1. The van der Waals surface area contributed by atoms with Crippen molar-refractivity contribution >= 4 is 5.97 Å². The first-order valence-corrected chi connectivity index (χ1v) is 6.13. The first kappa shape index (κ1) is 13.2. The van der Waals surface area contributed by atoms with Crippen LogP contribution >= 0.6 is 0 Å². The second-order valence-electron chi connectivity index (χ2n) is 4.01. The highest BCUT2D eigenvalue weighted by Gasteiger charge is 2.13. The van der Waals surface area contributed by atoms with Crippen LogP contribution in [-0.2, 0) is 16.1 Å².